The molecule has 3 aromatic rings. The van der Waals surface area contributed by atoms with E-state index >= 15 is 0 Å². The summed E-state index contributed by atoms with van der Waals surface area (Å²) in [4.78, 5) is 27.3. The first-order chi connectivity index (χ1) is 14.8. The zero-order valence-electron chi connectivity index (χ0n) is 17.7. The fourth-order valence-electron chi connectivity index (χ4n) is 2.69. The maximum Gasteiger partial charge on any atom is 0.347 e. The summed E-state index contributed by atoms with van der Waals surface area (Å²) in [7, 11) is 1.49. The van der Waals surface area contributed by atoms with E-state index in [1.165, 1.54) is 13.3 Å². The predicted octanol–water partition coefficient (Wildman–Crippen LogP) is 3.14. The van der Waals surface area contributed by atoms with Gasteiger partial charge in [-0.15, -0.1) is 10.2 Å². The van der Waals surface area contributed by atoms with E-state index in [1.54, 1.807) is 48.5 Å². The highest BCUT2D eigenvalue weighted by molar-refractivity contribution is 5.95. The van der Waals surface area contributed by atoms with Gasteiger partial charge in [0, 0.05) is 11.0 Å². The molecule has 0 aliphatic rings. The molecule has 0 bridgehead atoms. The normalized spacial score (nSPS) is 11.4. The van der Waals surface area contributed by atoms with Crippen LogP contribution in [0.15, 0.2) is 58.4 Å². The Morgan fingerprint density at radius 2 is 1.74 bits per heavy atom. The number of carbonyl (C=O) groups is 1. The van der Waals surface area contributed by atoms with E-state index in [0.717, 1.165) is 0 Å². The maximum absolute atomic E-state index is 12.6. The number of aromatic amines is 1. The SMILES string of the molecule is COc1ccccc1C(=O)Oc1ccccc1/C=N\Nc1nnc(C(C)(C)C)c(=O)[nH]1. The molecular weight excluding hydrogens is 398 g/mol. The van der Waals surface area contributed by atoms with Crippen LogP contribution in [0.2, 0.25) is 0 Å². The van der Waals surface area contributed by atoms with Gasteiger partial charge in [0.25, 0.3) is 5.56 Å². The number of para-hydroxylation sites is 2. The fourth-order valence-corrected chi connectivity index (χ4v) is 2.69. The third kappa shape index (κ3) is 5.33. The van der Waals surface area contributed by atoms with Gasteiger partial charge in [0.2, 0.25) is 5.95 Å². The number of hydrogen-bond acceptors (Lipinski definition) is 8. The van der Waals surface area contributed by atoms with Crippen molar-refractivity contribution in [3.05, 3.63) is 75.7 Å². The number of benzene rings is 2. The molecule has 0 unspecified atom stereocenters. The van der Waals surface area contributed by atoms with Crippen molar-refractivity contribution in [3.63, 3.8) is 0 Å². The standard InChI is InChI=1S/C22H23N5O4/c1-22(2,3)18-19(28)24-21(27-25-18)26-23-13-14-9-5-7-11-16(14)31-20(29)15-10-6-8-12-17(15)30-4/h5-13H,1-4H3,(H2,24,26,27,28)/b23-13-. The van der Waals surface area contributed by atoms with E-state index in [0.29, 0.717) is 28.3 Å². The van der Waals surface area contributed by atoms with Gasteiger partial charge in [-0.25, -0.2) is 10.2 Å². The molecule has 2 N–H and O–H groups in total. The van der Waals surface area contributed by atoms with Gasteiger partial charge in [-0.2, -0.15) is 5.10 Å². The van der Waals surface area contributed by atoms with E-state index < -0.39 is 11.4 Å². The number of hydrogen-bond donors (Lipinski definition) is 2. The Hall–Kier alpha value is -4.01. The van der Waals surface area contributed by atoms with E-state index in [2.05, 4.69) is 25.7 Å². The number of esters is 1. The first-order valence-corrected chi connectivity index (χ1v) is 9.50. The largest absolute Gasteiger partial charge is 0.496 e. The number of anilines is 1. The van der Waals surface area contributed by atoms with Gasteiger partial charge in [0.05, 0.1) is 13.3 Å². The number of methoxy groups -OCH3 is 1. The number of rotatable bonds is 6. The van der Waals surface area contributed by atoms with Crippen molar-refractivity contribution < 1.29 is 14.3 Å². The summed E-state index contributed by atoms with van der Waals surface area (Å²) in [6.07, 6.45) is 1.45. The highest BCUT2D eigenvalue weighted by atomic mass is 16.5. The number of carbonyl (C=O) groups excluding carboxylic acids is 1. The summed E-state index contributed by atoms with van der Waals surface area (Å²) in [5.41, 5.74) is 3.04. The molecule has 0 radical (unpaired) electrons. The van der Waals surface area contributed by atoms with Crippen LogP contribution in [0.3, 0.4) is 0 Å². The van der Waals surface area contributed by atoms with Gasteiger partial charge in [-0.1, -0.05) is 45.0 Å². The monoisotopic (exact) mass is 421 g/mol. The number of nitrogens with one attached hydrogen (secondary N) is 2. The maximum atomic E-state index is 12.6. The molecule has 2 aromatic carbocycles. The van der Waals surface area contributed by atoms with Crippen molar-refractivity contribution in [1.29, 1.82) is 0 Å². The lowest BCUT2D eigenvalue weighted by atomic mass is 9.93. The molecule has 9 nitrogen and oxygen atoms in total. The number of hydrazone groups is 1. The van der Waals surface area contributed by atoms with Crippen LogP contribution in [-0.2, 0) is 5.41 Å². The van der Waals surface area contributed by atoms with Crippen molar-refractivity contribution in [2.24, 2.45) is 5.10 Å². The summed E-state index contributed by atoms with van der Waals surface area (Å²) in [5, 5.41) is 12.0. The molecular formula is C22H23N5O4. The van der Waals surface area contributed by atoms with E-state index in [1.807, 2.05) is 20.8 Å². The van der Waals surface area contributed by atoms with Crippen LogP contribution < -0.4 is 20.5 Å². The summed E-state index contributed by atoms with van der Waals surface area (Å²) >= 11 is 0. The molecule has 160 valence electrons. The zero-order valence-corrected chi connectivity index (χ0v) is 17.7. The lowest BCUT2D eigenvalue weighted by Crippen LogP contribution is -2.28. The van der Waals surface area contributed by atoms with Crippen LogP contribution in [0.1, 0.15) is 42.4 Å². The Morgan fingerprint density at radius 3 is 2.42 bits per heavy atom. The Kier molecular flexibility index (Phi) is 6.44. The first kappa shape index (κ1) is 21.7. The number of ether oxygens (including phenoxy) is 2. The molecule has 1 heterocycles. The highest BCUT2D eigenvalue weighted by Gasteiger charge is 2.20. The number of aromatic nitrogens is 3. The van der Waals surface area contributed by atoms with Crippen LogP contribution >= 0.6 is 0 Å². The molecule has 0 saturated carbocycles. The van der Waals surface area contributed by atoms with Gasteiger partial charge < -0.3 is 9.47 Å². The Bertz CT molecular complexity index is 1160. The average molecular weight is 421 g/mol. The van der Waals surface area contributed by atoms with Gasteiger partial charge >= 0.3 is 5.97 Å². The molecule has 9 heteroatoms. The zero-order chi connectivity index (χ0) is 22.4. The van der Waals surface area contributed by atoms with Crippen LogP contribution in [0.25, 0.3) is 0 Å². The highest BCUT2D eigenvalue weighted by Crippen LogP contribution is 2.22. The van der Waals surface area contributed by atoms with Crippen molar-refractivity contribution in [2.75, 3.05) is 12.5 Å². The van der Waals surface area contributed by atoms with Gasteiger partial charge in [-0.05, 0) is 24.3 Å². The fraction of sp³-hybridized carbons (Fsp3) is 0.227. The molecule has 31 heavy (non-hydrogen) atoms. The Labute approximate surface area is 179 Å². The Balaban J connectivity index is 1.75. The van der Waals surface area contributed by atoms with Crippen LogP contribution in [0, 0.1) is 0 Å². The second-order valence-corrected chi connectivity index (χ2v) is 7.60. The lowest BCUT2D eigenvalue weighted by Gasteiger charge is -2.15. The molecule has 0 fully saturated rings. The molecule has 0 aliphatic carbocycles. The number of nitrogens with zero attached hydrogens (tertiary/aromatic N) is 3. The minimum atomic E-state index is -0.556. The first-order valence-electron chi connectivity index (χ1n) is 9.50. The van der Waals surface area contributed by atoms with Gasteiger partial charge in [-0.3, -0.25) is 9.78 Å². The van der Waals surface area contributed by atoms with Gasteiger partial charge in [0.1, 0.15) is 22.8 Å². The van der Waals surface area contributed by atoms with E-state index in [4.69, 9.17) is 9.47 Å². The summed E-state index contributed by atoms with van der Waals surface area (Å²) < 4.78 is 10.7. The summed E-state index contributed by atoms with van der Waals surface area (Å²) in [6, 6.07) is 13.7. The minimum absolute atomic E-state index is 0.0951. The Morgan fingerprint density at radius 1 is 1.06 bits per heavy atom. The smallest absolute Gasteiger partial charge is 0.347 e. The molecule has 0 spiro atoms. The molecule has 0 aliphatic heterocycles. The predicted molar refractivity (Wildman–Crippen MR) is 117 cm³/mol. The van der Waals surface area contributed by atoms with Crippen molar-refractivity contribution >= 4 is 18.1 Å². The quantitative estimate of drug-likeness (QED) is 0.272. The molecule has 0 atom stereocenters. The topological polar surface area (TPSA) is 119 Å². The molecule has 1 aromatic heterocycles. The van der Waals surface area contributed by atoms with Crippen molar-refractivity contribution in [2.45, 2.75) is 26.2 Å². The van der Waals surface area contributed by atoms with Crippen molar-refractivity contribution in [1.82, 2.24) is 15.2 Å². The van der Waals surface area contributed by atoms with Crippen molar-refractivity contribution in [3.8, 4) is 11.5 Å². The van der Waals surface area contributed by atoms with E-state index in [-0.39, 0.29) is 11.5 Å². The second-order valence-electron chi connectivity index (χ2n) is 7.60. The van der Waals surface area contributed by atoms with Gasteiger partial charge in [0.15, 0.2) is 0 Å². The van der Waals surface area contributed by atoms with Crippen LogP contribution in [-0.4, -0.2) is 34.5 Å². The molecule has 0 saturated heterocycles. The summed E-state index contributed by atoms with van der Waals surface area (Å²) in [6.45, 7) is 5.63. The lowest BCUT2D eigenvalue weighted by molar-refractivity contribution is 0.0731. The average Bonchev–Trinajstić information content (AvgIpc) is 2.74. The third-order valence-corrected chi connectivity index (χ3v) is 4.23. The van der Waals surface area contributed by atoms with Crippen LogP contribution in [0.5, 0.6) is 11.5 Å². The number of H-pyrrole nitrogens is 1. The summed E-state index contributed by atoms with van der Waals surface area (Å²) in [5.74, 6) is 0.269. The van der Waals surface area contributed by atoms with Crippen LogP contribution in [0.4, 0.5) is 5.95 Å². The molecule has 3 rings (SSSR count). The molecule has 0 amide bonds. The third-order valence-electron chi connectivity index (χ3n) is 4.23. The second kappa shape index (κ2) is 9.21. The minimum Gasteiger partial charge on any atom is -0.496 e. The van der Waals surface area contributed by atoms with E-state index in [9.17, 15) is 9.59 Å².